The van der Waals surface area contributed by atoms with Gasteiger partial charge < -0.3 is 14.4 Å². The van der Waals surface area contributed by atoms with E-state index in [9.17, 15) is 0 Å². The van der Waals surface area contributed by atoms with E-state index < -0.39 is 0 Å². The molecule has 1 fully saturated rings. The van der Waals surface area contributed by atoms with Crippen LogP contribution in [0.2, 0.25) is 0 Å². The van der Waals surface area contributed by atoms with Gasteiger partial charge in [-0.25, -0.2) is 0 Å². The number of benzene rings is 1. The molecule has 0 bridgehead atoms. The maximum Gasteiger partial charge on any atom is 0.0987 e. The van der Waals surface area contributed by atoms with Crippen molar-refractivity contribution in [1.29, 1.82) is 0 Å². The van der Waals surface area contributed by atoms with Crippen molar-refractivity contribution < 1.29 is 9.47 Å². The maximum atomic E-state index is 5.92. The van der Waals surface area contributed by atoms with Gasteiger partial charge in [0.25, 0.3) is 0 Å². The van der Waals surface area contributed by atoms with Crippen LogP contribution in [-0.2, 0) is 9.47 Å². The quantitative estimate of drug-likeness (QED) is 0.850. The van der Waals surface area contributed by atoms with Crippen molar-refractivity contribution in [1.82, 2.24) is 4.98 Å². The third kappa shape index (κ3) is 3.05. The molecule has 3 rings (SSSR count). The summed E-state index contributed by atoms with van der Waals surface area (Å²) in [5, 5.41) is 1.16. The molecule has 0 amide bonds. The smallest absolute Gasteiger partial charge is 0.0987 e. The topological polar surface area (TPSA) is 34.6 Å². The number of rotatable bonds is 3. The van der Waals surface area contributed by atoms with Crippen LogP contribution < -0.4 is 4.90 Å². The third-order valence-electron chi connectivity index (χ3n) is 3.72. The number of nitrogens with zero attached hydrogens (tertiary/aromatic N) is 2. The molecule has 0 N–H and O–H groups in total. The Balaban J connectivity index is 1.97. The van der Waals surface area contributed by atoms with E-state index in [4.69, 9.17) is 9.47 Å². The van der Waals surface area contributed by atoms with Gasteiger partial charge in [-0.15, -0.1) is 0 Å². The first kappa shape index (κ1) is 14.8. The van der Waals surface area contributed by atoms with Gasteiger partial charge in [-0.2, -0.15) is 0 Å². The summed E-state index contributed by atoms with van der Waals surface area (Å²) in [6.07, 6.45) is 2.16. The number of hydrogen-bond donors (Lipinski definition) is 0. The summed E-state index contributed by atoms with van der Waals surface area (Å²) in [6.45, 7) is 4.44. The molecule has 0 spiro atoms. The summed E-state index contributed by atoms with van der Waals surface area (Å²) >= 11 is 3.58. The molecule has 2 unspecified atom stereocenters. The molecule has 0 radical (unpaired) electrons. The number of methoxy groups -OCH3 is 1. The highest BCUT2D eigenvalue weighted by Gasteiger charge is 2.26. The summed E-state index contributed by atoms with van der Waals surface area (Å²) in [4.78, 5) is 6.85. The first-order chi connectivity index (χ1) is 10.2. The lowest BCUT2D eigenvalue weighted by atomic mass is 10.1. The van der Waals surface area contributed by atoms with E-state index >= 15 is 0 Å². The summed E-state index contributed by atoms with van der Waals surface area (Å²) in [5.74, 6) is 0. The molecule has 21 heavy (non-hydrogen) atoms. The highest BCUT2D eigenvalue weighted by molar-refractivity contribution is 9.10. The zero-order chi connectivity index (χ0) is 14.8. The summed E-state index contributed by atoms with van der Waals surface area (Å²) < 4.78 is 12.2. The van der Waals surface area contributed by atoms with Crippen molar-refractivity contribution in [2.75, 3.05) is 31.7 Å². The van der Waals surface area contributed by atoms with Crippen LogP contribution in [0.5, 0.6) is 0 Å². The van der Waals surface area contributed by atoms with Crippen molar-refractivity contribution >= 4 is 32.5 Å². The van der Waals surface area contributed by atoms with Crippen LogP contribution >= 0.6 is 15.9 Å². The number of fused-ring (bicyclic) bond motifs is 1. The van der Waals surface area contributed by atoms with Gasteiger partial charge in [0.1, 0.15) is 0 Å². The SMILES string of the molecule is COCC1CN(c2ccnc3c(Br)cccc23)CC(C)O1. The van der Waals surface area contributed by atoms with Crippen molar-refractivity contribution in [2.24, 2.45) is 0 Å². The van der Waals surface area contributed by atoms with Gasteiger partial charge >= 0.3 is 0 Å². The molecular weight excluding hydrogens is 332 g/mol. The lowest BCUT2D eigenvalue weighted by Crippen LogP contribution is -2.48. The second kappa shape index (κ2) is 6.30. The Morgan fingerprint density at radius 2 is 2.24 bits per heavy atom. The van der Waals surface area contributed by atoms with Gasteiger partial charge in [-0.05, 0) is 35.0 Å². The van der Waals surface area contributed by atoms with Crippen LogP contribution in [0.15, 0.2) is 34.9 Å². The largest absolute Gasteiger partial charge is 0.382 e. The van der Waals surface area contributed by atoms with Gasteiger partial charge in [0.05, 0.1) is 24.3 Å². The maximum absolute atomic E-state index is 5.92. The number of para-hydroxylation sites is 1. The number of halogens is 1. The minimum Gasteiger partial charge on any atom is -0.382 e. The third-order valence-corrected chi connectivity index (χ3v) is 4.36. The zero-order valence-electron chi connectivity index (χ0n) is 12.3. The molecule has 5 heteroatoms. The Morgan fingerprint density at radius 3 is 3.05 bits per heavy atom. The average Bonchev–Trinajstić information content (AvgIpc) is 2.47. The Morgan fingerprint density at radius 1 is 1.38 bits per heavy atom. The molecule has 2 aromatic rings. The number of pyridine rings is 1. The molecule has 4 nitrogen and oxygen atoms in total. The highest BCUT2D eigenvalue weighted by atomic mass is 79.9. The molecule has 112 valence electrons. The fourth-order valence-electron chi connectivity index (χ4n) is 2.92. The lowest BCUT2D eigenvalue weighted by Gasteiger charge is -2.38. The average molecular weight is 351 g/mol. The second-order valence-corrected chi connectivity index (χ2v) is 6.25. The Hall–Kier alpha value is -1.17. The standard InChI is InChI=1S/C16H19BrN2O2/c1-11-8-19(9-12(21-11)10-20-2)15-6-7-18-16-13(15)4-3-5-14(16)17/h3-7,11-12H,8-10H2,1-2H3. The fraction of sp³-hybridized carbons (Fsp3) is 0.438. The Bertz CT molecular complexity index is 635. The first-order valence-corrected chi connectivity index (χ1v) is 7.91. The molecule has 1 saturated heterocycles. The molecule has 1 aromatic carbocycles. The Labute approximate surface area is 133 Å². The van der Waals surface area contributed by atoms with Gasteiger partial charge in [-0.3, -0.25) is 4.98 Å². The van der Waals surface area contributed by atoms with E-state index in [1.54, 1.807) is 7.11 Å². The van der Waals surface area contributed by atoms with E-state index in [2.05, 4.69) is 44.9 Å². The van der Waals surface area contributed by atoms with E-state index in [0.29, 0.717) is 6.61 Å². The molecule has 1 aromatic heterocycles. The summed E-state index contributed by atoms with van der Waals surface area (Å²) in [5.41, 5.74) is 2.20. The van der Waals surface area contributed by atoms with Crippen LogP contribution in [-0.4, -0.2) is 44.0 Å². The molecule has 1 aliphatic rings. The predicted molar refractivity (Wildman–Crippen MR) is 87.9 cm³/mol. The lowest BCUT2D eigenvalue weighted by molar-refractivity contribution is -0.0510. The second-order valence-electron chi connectivity index (χ2n) is 5.40. The molecule has 0 aliphatic carbocycles. The molecule has 1 aliphatic heterocycles. The van der Waals surface area contributed by atoms with Crippen LogP contribution in [0.1, 0.15) is 6.92 Å². The summed E-state index contributed by atoms with van der Waals surface area (Å²) in [7, 11) is 1.71. The molecule has 2 heterocycles. The van der Waals surface area contributed by atoms with Gasteiger partial charge in [-0.1, -0.05) is 12.1 Å². The minimum absolute atomic E-state index is 0.106. The monoisotopic (exact) mass is 350 g/mol. The summed E-state index contributed by atoms with van der Waals surface area (Å²) in [6, 6.07) is 8.27. The first-order valence-electron chi connectivity index (χ1n) is 7.11. The number of aromatic nitrogens is 1. The number of anilines is 1. The van der Waals surface area contributed by atoms with E-state index in [1.807, 2.05) is 18.3 Å². The highest BCUT2D eigenvalue weighted by Crippen LogP contribution is 2.31. The van der Waals surface area contributed by atoms with E-state index in [-0.39, 0.29) is 12.2 Å². The normalized spacial score (nSPS) is 22.7. The molecular formula is C16H19BrN2O2. The van der Waals surface area contributed by atoms with E-state index in [1.165, 1.54) is 5.69 Å². The van der Waals surface area contributed by atoms with E-state index in [0.717, 1.165) is 28.5 Å². The van der Waals surface area contributed by atoms with Gasteiger partial charge in [0, 0.05) is 41.9 Å². The van der Waals surface area contributed by atoms with Crippen molar-refractivity contribution in [3.63, 3.8) is 0 Å². The van der Waals surface area contributed by atoms with Crippen LogP contribution in [0.4, 0.5) is 5.69 Å². The molecule has 0 saturated carbocycles. The van der Waals surface area contributed by atoms with Crippen molar-refractivity contribution in [2.45, 2.75) is 19.1 Å². The number of hydrogen-bond acceptors (Lipinski definition) is 4. The predicted octanol–water partition coefficient (Wildman–Crippen LogP) is 3.24. The minimum atomic E-state index is 0.106. The van der Waals surface area contributed by atoms with Gasteiger partial charge in [0.15, 0.2) is 0 Å². The zero-order valence-corrected chi connectivity index (χ0v) is 13.8. The number of ether oxygens (including phenoxy) is 2. The van der Waals surface area contributed by atoms with Crippen LogP contribution in [0.25, 0.3) is 10.9 Å². The molecule has 2 atom stereocenters. The Kier molecular flexibility index (Phi) is 4.42. The van der Waals surface area contributed by atoms with Gasteiger partial charge in [0.2, 0.25) is 0 Å². The number of morpholine rings is 1. The fourth-order valence-corrected chi connectivity index (χ4v) is 3.39. The van der Waals surface area contributed by atoms with Crippen molar-refractivity contribution in [3.8, 4) is 0 Å². The van der Waals surface area contributed by atoms with Crippen molar-refractivity contribution in [3.05, 3.63) is 34.9 Å². The van der Waals surface area contributed by atoms with Crippen LogP contribution in [0.3, 0.4) is 0 Å². The van der Waals surface area contributed by atoms with Crippen LogP contribution in [0, 0.1) is 0 Å².